The Labute approximate surface area is 192 Å². The van der Waals surface area contributed by atoms with E-state index in [0.29, 0.717) is 17.2 Å². The van der Waals surface area contributed by atoms with Crippen LogP contribution in [0.4, 0.5) is 4.79 Å². The summed E-state index contributed by atoms with van der Waals surface area (Å²) < 4.78 is 5.75. The van der Waals surface area contributed by atoms with Crippen molar-refractivity contribution in [2.24, 2.45) is 0 Å². The number of nitriles is 1. The summed E-state index contributed by atoms with van der Waals surface area (Å²) in [5.74, 6) is 0.171. The van der Waals surface area contributed by atoms with Crippen molar-refractivity contribution in [2.75, 3.05) is 13.2 Å². The third-order valence-electron chi connectivity index (χ3n) is 5.45. The van der Waals surface area contributed by atoms with Crippen LogP contribution in [0, 0.1) is 11.3 Å². The summed E-state index contributed by atoms with van der Waals surface area (Å²) in [4.78, 5) is 36.5. The van der Waals surface area contributed by atoms with Gasteiger partial charge in [0.05, 0.1) is 18.5 Å². The molecule has 0 aliphatic carbocycles. The van der Waals surface area contributed by atoms with Crippen molar-refractivity contribution < 1.29 is 24.3 Å². The summed E-state index contributed by atoms with van der Waals surface area (Å²) in [6.07, 6.45) is 0.752. The van der Waals surface area contributed by atoms with E-state index in [2.05, 4.69) is 11.4 Å². The molecule has 172 valence electrons. The number of amides is 4. The summed E-state index contributed by atoms with van der Waals surface area (Å²) in [7, 11) is 0. The van der Waals surface area contributed by atoms with Crippen LogP contribution in [-0.4, -0.2) is 58.3 Å². The van der Waals surface area contributed by atoms with Crippen LogP contribution < -0.4 is 10.1 Å². The van der Waals surface area contributed by atoms with Gasteiger partial charge in [-0.3, -0.25) is 19.7 Å². The Morgan fingerprint density at radius 1 is 1.21 bits per heavy atom. The van der Waals surface area contributed by atoms with E-state index < -0.39 is 17.6 Å². The lowest BCUT2D eigenvalue weighted by molar-refractivity contribution is -0.163. The van der Waals surface area contributed by atoms with Crippen LogP contribution in [0.1, 0.15) is 25.8 Å². The molecule has 0 spiro atoms. The van der Waals surface area contributed by atoms with Gasteiger partial charge in [-0.05, 0) is 49.1 Å². The minimum absolute atomic E-state index is 0.0285. The van der Waals surface area contributed by atoms with E-state index in [1.54, 1.807) is 26.0 Å². The van der Waals surface area contributed by atoms with E-state index in [4.69, 9.17) is 10.00 Å². The molecule has 1 fully saturated rings. The number of benzene rings is 2. The van der Waals surface area contributed by atoms with Crippen LogP contribution in [-0.2, 0) is 16.0 Å². The molecule has 9 nitrogen and oxygen atoms in total. The van der Waals surface area contributed by atoms with Gasteiger partial charge >= 0.3 is 6.03 Å². The quantitative estimate of drug-likeness (QED) is 0.248. The topological polar surface area (TPSA) is 123 Å². The highest BCUT2D eigenvalue weighted by Crippen LogP contribution is 2.24. The number of nitrogens with one attached hydrogen (secondary N) is 1. The predicted octanol–water partition coefficient (Wildman–Crippen LogP) is 2.74. The first kappa shape index (κ1) is 23.8. The molecule has 0 aromatic heterocycles. The Morgan fingerprint density at radius 2 is 1.94 bits per heavy atom. The molecule has 0 radical (unpaired) electrons. The highest BCUT2D eigenvalue weighted by Gasteiger charge is 2.44. The van der Waals surface area contributed by atoms with Crippen molar-refractivity contribution in [2.45, 2.75) is 38.3 Å². The number of carbonyl (C=O) groups excluding carboxylic acids is 3. The number of hydrogen-bond acceptors (Lipinski definition) is 6. The predicted molar refractivity (Wildman–Crippen MR) is 119 cm³/mol. The normalized spacial score (nSPS) is 15.5. The lowest BCUT2D eigenvalue weighted by Gasteiger charge is -2.24. The maximum absolute atomic E-state index is 12.3. The fourth-order valence-corrected chi connectivity index (χ4v) is 3.57. The summed E-state index contributed by atoms with van der Waals surface area (Å²) in [5, 5.41) is 21.9. The first-order chi connectivity index (χ1) is 15.7. The molecular weight excluding hydrogens is 424 g/mol. The zero-order valence-corrected chi connectivity index (χ0v) is 18.5. The number of hydrogen-bond donors (Lipinski definition) is 2. The maximum atomic E-state index is 12.3. The zero-order valence-electron chi connectivity index (χ0n) is 18.5. The van der Waals surface area contributed by atoms with E-state index in [1.807, 2.05) is 36.4 Å². The standard InChI is InChI=1S/C24H26N4O5/c1-24(2)22(30)27(23(31)26-24)13-11-20(28(32)16-29)15-33-21-8-6-18(7-9-21)19-5-3-4-17(14-19)10-12-25/h3-9,14,16,20,32H,10-11,13,15H2,1-2H3,(H,26,31). The first-order valence-corrected chi connectivity index (χ1v) is 10.5. The molecule has 1 aliphatic heterocycles. The highest BCUT2D eigenvalue weighted by atomic mass is 16.5. The zero-order chi connectivity index (χ0) is 24.0. The van der Waals surface area contributed by atoms with Crippen LogP contribution in [0.25, 0.3) is 11.1 Å². The van der Waals surface area contributed by atoms with Gasteiger partial charge in [-0.1, -0.05) is 36.4 Å². The fraction of sp³-hybridized carbons (Fsp3) is 0.333. The number of carbonyl (C=O) groups is 3. The number of rotatable bonds is 10. The van der Waals surface area contributed by atoms with E-state index in [1.165, 1.54) is 0 Å². The highest BCUT2D eigenvalue weighted by molar-refractivity contribution is 6.06. The van der Waals surface area contributed by atoms with E-state index in [9.17, 15) is 19.6 Å². The van der Waals surface area contributed by atoms with Gasteiger partial charge in [0, 0.05) is 6.54 Å². The van der Waals surface area contributed by atoms with Gasteiger partial charge in [-0.25, -0.2) is 9.86 Å². The molecule has 9 heteroatoms. The van der Waals surface area contributed by atoms with E-state index in [0.717, 1.165) is 21.6 Å². The Kier molecular flexibility index (Phi) is 7.30. The van der Waals surface area contributed by atoms with E-state index >= 15 is 0 Å². The second kappa shape index (κ2) is 10.1. The molecular formula is C24H26N4O5. The van der Waals surface area contributed by atoms with Crippen LogP contribution in [0.5, 0.6) is 5.75 Å². The average Bonchev–Trinajstić information content (AvgIpc) is 3.00. The lowest BCUT2D eigenvalue weighted by atomic mass is 10.0. The van der Waals surface area contributed by atoms with Gasteiger partial charge in [-0.2, -0.15) is 5.26 Å². The largest absolute Gasteiger partial charge is 0.491 e. The second-order valence-electron chi connectivity index (χ2n) is 8.31. The minimum Gasteiger partial charge on any atom is -0.491 e. The summed E-state index contributed by atoms with van der Waals surface area (Å²) in [6.45, 7) is 3.23. The van der Waals surface area contributed by atoms with Gasteiger partial charge in [0.2, 0.25) is 6.41 Å². The Morgan fingerprint density at radius 3 is 2.55 bits per heavy atom. The average molecular weight is 450 g/mol. The SMILES string of the molecule is CC1(C)NC(=O)N(CCC(COc2ccc(-c3cccc(CC#N)c3)cc2)N(O)C=O)C1=O. The number of nitrogens with zero attached hydrogens (tertiary/aromatic N) is 3. The summed E-state index contributed by atoms with van der Waals surface area (Å²) in [5.41, 5.74) is 1.88. The Bertz CT molecular complexity index is 1060. The van der Waals surface area contributed by atoms with Crippen LogP contribution >= 0.6 is 0 Å². The molecule has 2 N–H and O–H groups in total. The van der Waals surface area contributed by atoms with Crippen molar-refractivity contribution in [3.05, 3.63) is 54.1 Å². The van der Waals surface area contributed by atoms with Gasteiger partial charge in [0.15, 0.2) is 0 Å². The van der Waals surface area contributed by atoms with E-state index in [-0.39, 0.29) is 31.9 Å². The number of ether oxygens (including phenoxy) is 1. The molecule has 1 heterocycles. The molecule has 33 heavy (non-hydrogen) atoms. The lowest BCUT2D eigenvalue weighted by Crippen LogP contribution is -2.42. The Hall–Kier alpha value is -3.90. The molecule has 0 bridgehead atoms. The van der Waals surface area contributed by atoms with Crippen LogP contribution in [0.15, 0.2) is 48.5 Å². The Balaban J connectivity index is 1.61. The smallest absolute Gasteiger partial charge is 0.325 e. The van der Waals surface area contributed by atoms with Crippen molar-refractivity contribution in [1.82, 2.24) is 15.3 Å². The third-order valence-corrected chi connectivity index (χ3v) is 5.45. The van der Waals surface area contributed by atoms with Crippen molar-refractivity contribution in [3.8, 4) is 22.9 Å². The van der Waals surface area contributed by atoms with Crippen molar-refractivity contribution >= 4 is 18.3 Å². The molecule has 3 rings (SSSR count). The molecule has 4 amide bonds. The van der Waals surface area contributed by atoms with Crippen LogP contribution in [0.3, 0.4) is 0 Å². The number of hydroxylamine groups is 2. The first-order valence-electron chi connectivity index (χ1n) is 10.5. The second-order valence-corrected chi connectivity index (χ2v) is 8.31. The molecule has 1 aliphatic rings. The van der Waals surface area contributed by atoms with Crippen molar-refractivity contribution in [3.63, 3.8) is 0 Å². The molecule has 1 atom stereocenters. The summed E-state index contributed by atoms with van der Waals surface area (Å²) in [6, 6.07) is 15.9. The fourth-order valence-electron chi connectivity index (χ4n) is 3.57. The molecule has 2 aromatic rings. The van der Waals surface area contributed by atoms with Crippen molar-refractivity contribution in [1.29, 1.82) is 5.26 Å². The van der Waals surface area contributed by atoms with Gasteiger partial charge < -0.3 is 10.1 Å². The molecule has 1 unspecified atom stereocenters. The third kappa shape index (κ3) is 5.67. The number of urea groups is 1. The molecule has 2 aromatic carbocycles. The number of imide groups is 1. The maximum Gasteiger partial charge on any atom is 0.325 e. The molecule has 1 saturated heterocycles. The van der Waals surface area contributed by atoms with Crippen LogP contribution in [0.2, 0.25) is 0 Å². The monoisotopic (exact) mass is 450 g/mol. The molecule has 0 saturated carbocycles. The van der Waals surface area contributed by atoms with Gasteiger partial charge in [-0.15, -0.1) is 0 Å². The van der Waals surface area contributed by atoms with Gasteiger partial charge in [0.25, 0.3) is 5.91 Å². The minimum atomic E-state index is -0.984. The summed E-state index contributed by atoms with van der Waals surface area (Å²) >= 11 is 0. The van der Waals surface area contributed by atoms with Gasteiger partial charge in [0.1, 0.15) is 17.9 Å².